The van der Waals surface area contributed by atoms with Crippen LogP contribution in [-0.4, -0.2) is 23.6 Å². The normalized spacial score (nSPS) is 11.7. The Morgan fingerprint density at radius 1 is 1.29 bits per heavy atom. The van der Waals surface area contributed by atoms with E-state index in [4.69, 9.17) is 5.14 Å². The molecule has 2 aromatic rings. The lowest BCUT2D eigenvalue weighted by Gasteiger charge is -2.03. The van der Waals surface area contributed by atoms with Crippen LogP contribution in [-0.2, 0) is 10.0 Å². The summed E-state index contributed by atoms with van der Waals surface area (Å²) in [5.41, 5.74) is 2.88. The van der Waals surface area contributed by atoms with Crippen molar-refractivity contribution in [3.8, 4) is 11.4 Å². The first-order valence-electron chi connectivity index (χ1n) is 4.91. The number of rotatable bonds is 2. The van der Waals surface area contributed by atoms with Crippen molar-refractivity contribution in [1.29, 1.82) is 0 Å². The summed E-state index contributed by atoms with van der Waals surface area (Å²) in [6.07, 6.45) is 0. The lowest BCUT2D eigenvalue weighted by atomic mass is 10.0. The van der Waals surface area contributed by atoms with E-state index in [1.165, 1.54) is 0 Å². The average Bonchev–Trinajstić information content (AvgIpc) is 2.70. The zero-order valence-electron chi connectivity index (χ0n) is 9.43. The number of hydrogen-bond donors (Lipinski definition) is 2. The van der Waals surface area contributed by atoms with Gasteiger partial charge in [-0.25, -0.2) is 18.7 Å². The highest BCUT2D eigenvalue weighted by atomic mass is 32.2. The summed E-state index contributed by atoms with van der Waals surface area (Å²) < 4.78 is 22.1. The number of aromatic amines is 1. The van der Waals surface area contributed by atoms with Gasteiger partial charge in [-0.1, -0.05) is 18.2 Å². The number of H-pyrrole nitrogens is 1. The highest BCUT2D eigenvalue weighted by Crippen LogP contribution is 2.22. The number of sulfonamides is 1. The van der Waals surface area contributed by atoms with Crippen molar-refractivity contribution in [2.45, 2.75) is 19.0 Å². The Morgan fingerprint density at radius 2 is 2.00 bits per heavy atom. The van der Waals surface area contributed by atoms with Crippen molar-refractivity contribution in [1.82, 2.24) is 15.2 Å². The molecule has 0 saturated heterocycles. The molecule has 3 N–H and O–H groups in total. The third kappa shape index (κ3) is 2.20. The van der Waals surface area contributed by atoms with Crippen molar-refractivity contribution in [2.75, 3.05) is 0 Å². The number of nitrogens with two attached hydrogens (primary N) is 1. The Kier molecular flexibility index (Phi) is 2.72. The molecule has 1 aromatic heterocycles. The third-order valence-electron chi connectivity index (χ3n) is 2.58. The molecule has 0 aliphatic heterocycles. The van der Waals surface area contributed by atoms with E-state index in [1.807, 2.05) is 32.0 Å². The van der Waals surface area contributed by atoms with Gasteiger partial charge in [-0.15, -0.1) is 0 Å². The van der Waals surface area contributed by atoms with Gasteiger partial charge in [0.05, 0.1) is 0 Å². The average molecular weight is 252 g/mol. The predicted molar refractivity (Wildman–Crippen MR) is 62.7 cm³/mol. The fraction of sp³-hybridized carbons (Fsp3) is 0.200. The molecule has 0 fully saturated rings. The lowest BCUT2D eigenvalue weighted by Crippen LogP contribution is -2.13. The second-order valence-electron chi connectivity index (χ2n) is 3.76. The summed E-state index contributed by atoms with van der Waals surface area (Å²) in [4.78, 5) is 3.87. The van der Waals surface area contributed by atoms with E-state index >= 15 is 0 Å². The molecule has 1 aromatic carbocycles. The van der Waals surface area contributed by atoms with Crippen LogP contribution in [0, 0.1) is 13.8 Å². The van der Waals surface area contributed by atoms with E-state index < -0.39 is 10.0 Å². The molecule has 90 valence electrons. The molecule has 17 heavy (non-hydrogen) atoms. The summed E-state index contributed by atoms with van der Waals surface area (Å²) in [5, 5.41) is 10.8. The molecular formula is C10H12N4O2S. The highest BCUT2D eigenvalue weighted by Gasteiger charge is 2.16. The first-order chi connectivity index (χ1) is 7.89. The summed E-state index contributed by atoms with van der Waals surface area (Å²) in [7, 11) is -3.84. The molecule has 6 nitrogen and oxygen atoms in total. The lowest BCUT2D eigenvalue weighted by molar-refractivity contribution is 0.589. The van der Waals surface area contributed by atoms with E-state index in [9.17, 15) is 8.42 Å². The maximum Gasteiger partial charge on any atom is 0.273 e. The number of hydrogen-bond acceptors (Lipinski definition) is 4. The minimum absolute atomic E-state index is 0.326. The van der Waals surface area contributed by atoms with Crippen LogP contribution in [0.1, 0.15) is 11.1 Å². The second kappa shape index (κ2) is 3.94. The summed E-state index contributed by atoms with van der Waals surface area (Å²) >= 11 is 0. The summed E-state index contributed by atoms with van der Waals surface area (Å²) in [6, 6.07) is 5.66. The summed E-state index contributed by atoms with van der Waals surface area (Å²) in [6.45, 7) is 3.89. The van der Waals surface area contributed by atoms with Crippen LogP contribution in [0.3, 0.4) is 0 Å². The molecular weight excluding hydrogens is 240 g/mol. The predicted octanol–water partition coefficient (Wildman–Crippen LogP) is 0.736. The summed E-state index contributed by atoms with van der Waals surface area (Å²) in [5.74, 6) is 0.329. The highest BCUT2D eigenvalue weighted by molar-refractivity contribution is 7.89. The fourth-order valence-electron chi connectivity index (χ4n) is 1.49. The van der Waals surface area contributed by atoms with Gasteiger partial charge in [0.1, 0.15) is 0 Å². The Labute approximate surface area is 98.9 Å². The van der Waals surface area contributed by atoms with E-state index in [2.05, 4.69) is 15.2 Å². The smallest absolute Gasteiger partial charge is 0.248 e. The van der Waals surface area contributed by atoms with Gasteiger partial charge in [0.15, 0.2) is 5.82 Å². The van der Waals surface area contributed by atoms with Gasteiger partial charge in [-0.05, 0) is 25.0 Å². The van der Waals surface area contributed by atoms with Crippen molar-refractivity contribution in [2.24, 2.45) is 5.14 Å². The Bertz CT molecular complexity index is 661. The SMILES string of the molecule is Cc1cccc(-c2n[nH]c(S(N)(=O)=O)n2)c1C. The molecule has 0 atom stereocenters. The van der Waals surface area contributed by atoms with Crippen LogP contribution >= 0.6 is 0 Å². The Hall–Kier alpha value is -1.73. The zero-order valence-corrected chi connectivity index (χ0v) is 10.2. The fourth-order valence-corrected chi connectivity index (χ4v) is 1.87. The first-order valence-corrected chi connectivity index (χ1v) is 6.46. The van der Waals surface area contributed by atoms with Gasteiger partial charge in [0, 0.05) is 5.56 Å². The molecule has 0 unspecified atom stereocenters. The maximum atomic E-state index is 11.1. The number of aryl methyl sites for hydroxylation is 1. The molecule has 0 radical (unpaired) electrons. The standard InChI is InChI=1S/C10H12N4O2S/c1-6-4-3-5-8(7(6)2)9-12-10(14-13-9)17(11,15)16/h3-5H,1-2H3,(H2,11,15,16)(H,12,13,14). The van der Waals surface area contributed by atoms with E-state index in [0.717, 1.165) is 16.7 Å². The quantitative estimate of drug-likeness (QED) is 0.822. The molecule has 0 bridgehead atoms. The van der Waals surface area contributed by atoms with Crippen LogP contribution in [0.4, 0.5) is 0 Å². The van der Waals surface area contributed by atoms with Crippen LogP contribution in [0.25, 0.3) is 11.4 Å². The van der Waals surface area contributed by atoms with Crippen molar-refractivity contribution < 1.29 is 8.42 Å². The molecule has 2 rings (SSSR count). The number of aromatic nitrogens is 3. The molecule has 0 aliphatic carbocycles. The minimum Gasteiger partial charge on any atom is -0.248 e. The number of nitrogens with zero attached hydrogens (tertiary/aromatic N) is 2. The molecule has 1 heterocycles. The van der Waals surface area contributed by atoms with Crippen LogP contribution in [0.2, 0.25) is 0 Å². The first kappa shape index (κ1) is 11.7. The van der Waals surface area contributed by atoms with Crippen LogP contribution in [0.5, 0.6) is 0 Å². The molecule has 0 aliphatic rings. The zero-order chi connectivity index (χ0) is 12.6. The van der Waals surface area contributed by atoms with Gasteiger partial charge in [0.25, 0.3) is 15.2 Å². The van der Waals surface area contributed by atoms with Gasteiger partial charge in [-0.2, -0.15) is 10.1 Å². The van der Waals surface area contributed by atoms with Gasteiger partial charge in [-0.3, -0.25) is 0 Å². The largest absolute Gasteiger partial charge is 0.273 e. The Balaban J connectivity index is 2.55. The molecule has 7 heteroatoms. The molecule has 0 saturated carbocycles. The van der Waals surface area contributed by atoms with Crippen LogP contribution < -0.4 is 5.14 Å². The van der Waals surface area contributed by atoms with E-state index in [0.29, 0.717) is 5.82 Å². The van der Waals surface area contributed by atoms with Gasteiger partial charge < -0.3 is 0 Å². The van der Waals surface area contributed by atoms with Crippen molar-refractivity contribution >= 4 is 10.0 Å². The third-order valence-corrected chi connectivity index (χ3v) is 3.30. The van der Waals surface area contributed by atoms with Crippen LogP contribution in [0.15, 0.2) is 23.4 Å². The number of primary sulfonamides is 1. The van der Waals surface area contributed by atoms with Gasteiger partial charge in [0.2, 0.25) is 0 Å². The second-order valence-corrected chi connectivity index (χ2v) is 5.23. The van der Waals surface area contributed by atoms with E-state index in [-0.39, 0.29) is 5.16 Å². The molecule has 0 spiro atoms. The maximum absolute atomic E-state index is 11.1. The molecule has 0 amide bonds. The minimum atomic E-state index is -3.84. The monoisotopic (exact) mass is 252 g/mol. The topological polar surface area (TPSA) is 102 Å². The van der Waals surface area contributed by atoms with Gasteiger partial charge >= 0.3 is 0 Å². The number of benzene rings is 1. The van der Waals surface area contributed by atoms with Crippen molar-refractivity contribution in [3.63, 3.8) is 0 Å². The Morgan fingerprint density at radius 3 is 2.59 bits per heavy atom. The number of nitrogens with one attached hydrogen (secondary N) is 1. The van der Waals surface area contributed by atoms with E-state index in [1.54, 1.807) is 0 Å². The van der Waals surface area contributed by atoms with Crippen molar-refractivity contribution in [3.05, 3.63) is 29.3 Å².